The van der Waals surface area contributed by atoms with Gasteiger partial charge in [-0.3, -0.25) is 0 Å². The molecule has 0 aliphatic carbocycles. The van der Waals surface area contributed by atoms with Crippen LogP contribution in [0.3, 0.4) is 0 Å². The fraction of sp³-hybridized carbons (Fsp3) is 0.571. The van der Waals surface area contributed by atoms with Crippen molar-refractivity contribution in [1.82, 2.24) is 9.97 Å². The van der Waals surface area contributed by atoms with Crippen LogP contribution in [-0.4, -0.2) is 26.5 Å². The molecule has 0 aromatic carbocycles. The maximum Gasteiger partial charge on any atom is 0.151 e. The number of aromatic nitrogens is 2. The fourth-order valence-corrected chi connectivity index (χ4v) is 0.914. The molecule has 0 aliphatic heterocycles. The number of aliphatic hydroxyl groups is 2. The minimum Gasteiger partial charge on any atom is -0.368 e. The van der Waals surface area contributed by atoms with Gasteiger partial charge in [0.15, 0.2) is 6.29 Å². The SMILES string of the molecule is NCc1nc(CCC(O)O)c[nH]1. The first-order valence-corrected chi connectivity index (χ1v) is 3.81. The highest BCUT2D eigenvalue weighted by Crippen LogP contribution is 2.01. The first kappa shape index (κ1) is 9.18. The summed E-state index contributed by atoms with van der Waals surface area (Å²) in [6, 6.07) is 0. The summed E-state index contributed by atoms with van der Waals surface area (Å²) in [5.41, 5.74) is 6.14. The highest BCUT2D eigenvalue weighted by Gasteiger charge is 2.02. The number of hydrogen-bond acceptors (Lipinski definition) is 4. The maximum absolute atomic E-state index is 8.57. The van der Waals surface area contributed by atoms with Gasteiger partial charge in [0, 0.05) is 12.6 Å². The van der Waals surface area contributed by atoms with Gasteiger partial charge in [0.2, 0.25) is 0 Å². The third-order valence-corrected chi connectivity index (χ3v) is 1.54. The molecule has 0 radical (unpaired) electrons. The lowest BCUT2D eigenvalue weighted by molar-refractivity contribution is -0.0448. The molecule has 0 spiro atoms. The Labute approximate surface area is 70.2 Å². The molecule has 5 heteroatoms. The Morgan fingerprint density at radius 1 is 1.58 bits per heavy atom. The number of imidazole rings is 1. The summed E-state index contributed by atoms with van der Waals surface area (Å²) in [5.74, 6) is 0.720. The molecule has 0 bridgehead atoms. The van der Waals surface area contributed by atoms with Gasteiger partial charge in [-0.2, -0.15) is 0 Å². The number of nitrogens with one attached hydrogen (secondary N) is 1. The summed E-state index contributed by atoms with van der Waals surface area (Å²) in [5, 5.41) is 17.1. The third kappa shape index (κ3) is 2.61. The van der Waals surface area contributed by atoms with Crippen LogP contribution in [0, 0.1) is 0 Å². The zero-order valence-corrected chi connectivity index (χ0v) is 6.70. The van der Waals surface area contributed by atoms with E-state index in [1.807, 2.05) is 0 Å². The second-order valence-electron chi connectivity index (χ2n) is 2.56. The van der Waals surface area contributed by atoms with E-state index in [-0.39, 0.29) is 0 Å². The first-order valence-electron chi connectivity index (χ1n) is 3.81. The van der Waals surface area contributed by atoms with Crippen LogP contribution in [0.4, 0.5) is 0 Å². The van der Waals surface area contributed by atoms with E-state index in [1.54, 1.807) is 6.20 Å². The van der Waals surface area contributed by atoms with Crippen LogP contribution in [-0.2, 0) is 13.0 Å². The lowest BCUT2D eigenvalue weighted by atomic mass is 10.2. The van der Waals surface area contributed by atoms with E-state index >= 15 is 0 Å². The number of H-pyrrole nitrogens is 1. The van der Waals surface area contributed by atoms with E-state index in [4.69, 9.17) is 15.9 Å². The van der Waals surface area contributed by atoms with Crippen molar-refractivity contribution in [2.75, 3.05) is 0 Å². The van der Waals surface area contributed by atoms with Crippen molar-refractivity contribution in [3.8, 4) is 0 Å². The Kier molecular flexibility index (Phi) is 3.21. The number of aryl methyl sites for hydroxylation is 1. The van der Waals surface area contributed by atoms with Gasteiger partial charge in [0.05, 0.1) is 12.2 Å². The molecule has 0 amide bonds. The Balaban J connectivity index is 2.41. The van der Waals surface area contributed by atoms with Gasteiger partial charge >= 0.3 is 0 Å². The summed E-state index contributed by atoms with van der Waals surface area (Å²) in [4.78, 5) is 6.98. The van der Waals surface area contributed by atoms with Crippen LogP contribution in [0.15, 0.2) is 6.20 Å². The standard InChI is InChI=1S/C7H13N3O2/c8-3-6-9-4-5(10-6)1-2-7(11)12/h4,7,11-12H,1-3,8H2,(H,9,10). The molecule has 0 aliphatic rings. The molecule has 0 saturated carbocycles. The van der Waals surface area contributed by atoms with E-state index in [9.17, 15) is 0 Å². The molecule has 0 fully saturated rings. The van der Waals surface area contributed by atoms with Crippen LogP contribution in [0.1, 0.15) is 17.9 Å². The summed E-state index contributed by atoms with van der Waals surface area (Å²) in [7, 11) is 0. The molecular weight excluding hydrogens is 158 g/mol. The predicted octanol–water partition coefficient (Wildman–Crippen LogP) is -0.888. The van der Waals surface area contributed by atoms with Crippen LogP contribution >= 0.6 is 0 Å². The molecule has 5 nitrogen and oxygen atoms in total. The number of aromatic amines is 1. The highest BCUT2D eigenvalue weighted by molar-refractivity contribution is 5.00. The molecule has 1 rings (SSSR count). The second kappa shape index (κ2) is 4.20. The van der Waals surface area contributed by atoms with Crippen molar-refractivity contribution in [3.63, 3.8) is 0 Å². The van der Waals surface area contributed by atoms with E-state index < -0.39 is 6.29 Å². The minimum atomic E-state index is -1.26. The van der Waals surface area contributed by atoms with E-state index in [1.165, 1.54) is 0 Å². The smallest absolute Gasteiger partial charge is 0.151 e. The fourth-order valence-electron chi connectivity index (χ4n) is 0.914. The van der Waals surface area contributed by atoms with Crippen LogP contribution < -0.4 is 5.73 Å². The molecule has 1 aromatic rings. The average Bonchev–Trinajstić information content (AvgIpc) is 2.48. The van der Waals surface area contributed by atoms with Crippen molar-refractivity contribution in [3.05, 3.63) is 17.7 Å². The zero-order chi connectivity index (χ0) is 8.97. The molecule has 1 heterocycles. The predicted molar refractivity (Wildman–Crippen MR) is 43.0 cm³/mol. The number of rotatable bonds is 4. The Morgan fingerprint density at radius 2 is 2.33 bits per heavy atom. The molecular formula is C7H13N3O2. The molecule has 0 saturated heterocycles. The van der Waals surface area contributed by atoms with Crippen LogP contribution in [0.2, 0.25) is 0 Å². The largest absolute Gasteiger partial charge is 0.368 e. The summed E-state index contributed by atoms with van der Waals surface area (Å²) in [6.07, 6.45) is 1.32. The van der Waals surface area contributed by atoms with Gasteiger partial charge in [-0.1, -0.05) is 0 Å². The average molecular weight is 171 g/mol. The molecule has 5 N–H and O–H groups in total. The van der Waals surface area contributed by atoms with Crippen molar-refractivity contribution in [2.24, 2.45) is 5.73 Å². The van der Waals surface area contributed by atoms with Gasteiger partial charge in [0.1, 0.15) is 5.82 Å². The first-order chi connectivity index (χ1) is 5.72. The highest BCUT2D eigenvalue weighted by atomic mass is 16.5. The van der Waals surface area contributed by atoms with Gasteiger partial charge in [-0.25, -0.2) is 4.98 Å². The molecule has 0 atom stereocenters. The van der Waals surface area contributed by atoms with Crippen LogP contribution in [0.5, 0.6) is 0 Å². The lowest BCUT2D eigenvalue weighted by Gasteiger charge is -1.98. The molecule has 12 heavy (non-hydrogen) atoms. The van der Waals surface area contributed by atoms with Gasteiger partial charge < -0.3 is 20.9 Å². The van der Waals surface area contributed by atoms with Crippen molar-refractivity contribution in [2.45, 2.75) is 25.7 Å². The van der Waals surface area contributed by atoms with Crippen molar-refractivity contribution < 1.29 is 10.2 Å². The summed E-state index contributed by atoms with van der Waals surface area (Å²) < 4.78 is 0. The topological polar surface area (TPSA) is 95.2 Å². The summed E-state index contributed by atoms with van der Waals surface area (Å²) >= 11 is 0. The Bertz CT molecular complexity index is 234. The number of nitrogens with two attached hydrogens (primary N) is 1. The second-order valence-corrected chi connectivity index (χ2v) is 2.56. The van der Waals surface area contributed by atoms with Gasteiger partial charge in [-0.05, 0) is 6.42 Å². The number of hydrogen-bond donors (Lipinski definition) is 4. The van der Waals surface area contributed by atoms with Crippen LogP contribution in [0.25, 0.3) is 0 Å². The minimum absolute atomic E-state index is 0.300. The zero-order valence-electron chi connectivity index (χ0n) is 6.70. The normalized spacial score (nSPS) is 11.0. The molecule has 1 aromatic heterocycles. The Hall–Kier alpha value is -0.910. The maximum atomic E-state index is 8.57. The monoisotopic (exact) mass is 171 g/mol. The van der Waals surface area contributed by atoms with E-state index in [0.717, 1.165) is 11.5 Å². The van der Waals surface area contributed by atoms with Crippen molar-refractivity contribution >= 4 is 0 Å². The van der Waals surface area contributed by atoms with Gasteiger partial charge in [0.25, 0.3) is 0 Å². The number of nitrogens with zero attached hydrogens (tertiary/aromatic N) is 1. The Morgan fingerprint density at radius 3 is 2.83 bits per heavy atom. The van der Waals surface area contributed by atoms with Crippen molar-refractivity contribution in [1.29, 1.82) is 0 Å². The van der Waals surface area contributed by atoms with E-state index in [0.29, 0.717) is 19.4 Å². The van der Waals surface area contributed by atoms with Gasteiger partial charge in [-0.15, -0.1) is 0 Å². The van der Waals surface area contributed by atoms with E-state index in [2.05, 4.69) is 9.97 Å². The molecule has 0 unspecified atom stereocenters. The third-order valence-electron chi connectivity index (χ3n) is 1.54. The molecule has 68 valence electrons. The lowest BCUT2D eigenvalue weighted by Crippen LogP contribution is -2.05. The number of aliphatic hydroxyl groups excluding tert-OH is 1. The quantitative estimate of drug-likeness (QED) is 0.442. The summed E-state index contributed by atoms with van der Waals surface area (Å²) in [6.45, 7) is 0.377.